The second kappa shape index (κ2) is 4.36. The first-order chi connectivity index (χ1) is 10.8. The van der Waals surface area contributed by atoms with E-state index in [1.807, 2.05) is 0 Å². The van der Waals surface area contributed by atoms with Gasteiger partial charge in [0.15, 0.2) is 0 Å². The molecule has 0 radical (unpaired) electrons. The summed E-state index contributed by atoms with van der Waals surface area (Å²) in [7, 11) is 0. The van der Waals surface area contributed by atoms with Crippen LogP contribution in [0.3, 0.4) is 0 Å². The van der Waals surface area contributed by atoms with E-state index in [-0.39, 0.29) is 0 Å². The van der Waals surface area contributed by atoms with Crippen molar-refractivity contribution in [1.29, 1.82) is 0 Å². The zero-order chi connectivity index (χ0) is 14.7. The summed E-state index contributed by atoms with van der Waals surface area (Å²) < 4.78 is 0. The maximum absolute atomic E-state index is 2.50. The molecule has 22 heavy (non-hydrogen) atoms. The number of likely N-dealkylation sites (N-methyl/N-ethyl adjacent to an activating group) is 1. The molecule has 1 aliphatic heterocycles. The lowest BCUT2D eigenvalue weighted by atomic mass is 9.98. The molecule has 3 aromatic rings. The van der Waals surface area contributed by atoms with Crippen LogP contribution in [-0.2, 0) is 12.8 Å². The van der Waals surface area contributed by atoms with E-state index >= 15 is 0 Å². The summed E-state index contributed by atoms with van der Waals surface area (Å²) in [5, 5.41) is 2.79. The Morgan fingerprint density at radius 2 is 1.68 bits per heavy atom. The van der Waals surface area contributed by atoms with Gasteiger partial charge in [0.25, 0.3) is 0 Å². The Morgan fingerprint density at radius 1 is 0.864 bits per heavy atom. The number of hydrogen-bond acceptors (Lipinski definition) is 1. The Balaban J connectivity index is 1.74. The molecule has 0 spiro atoms. The minimum absolute atomic E-state index is 1.08. The van der Waals surface area contributed by atoms with Crippen LogP contribution in [0.5, 0.6) is 0 Å². The molecule has 3 aromatic carbocycles. The zero-order valence-electron chi connectivity index (χ0n) is 12.9. The van der Waals surface area contributed by atoms with Gasteiger partial charge in [-0.1, -0.05) is 30.3 Å². The average Bonchev–Trinajstić information content (AvgIpc) is 3.10. The van der Waals surface area contributed by atoms with Gasteiger partial charge in [0, 0.05) is 18.8 Å². The summed E-state index contributed by atoms with van der Waals surface area (Å²) in [6.45, 7) is 4.53. The first kappa shape index (κ1) is 12.3. The summed E-state index contributed by atoms with van der Waals surface area (Å²) in [6.07, 6.45) is 2.27. The summed E-state index contributed by atoms with van der Waals surface area (Å²) in [5.41, 5.74) is 8.78. The van der Waals surface area contributed by atoms with Crippen molar-refractivity contribution in [2.45, 2.75) is 19.8 Å². The largest absolute Gasteiger partial charge is 0.371 e. The Morgan fingerprint density at radius 3 is 2.59 bits per heavy atom. The first-order valence-electron chi connectivity index (χ1n) is 8.26. The summed E-state index contributed by atoms with van der Waals surface area (Å²) >= 11 is 0. The lowest BCUT2D eigenvalue weighted by Gasteiger charge is -2.17. The summed E-state index contributed by atoms with van der Waals surface area (Å²) in [6, 6.07) is 18.5. The SMILES string of the molecule is CCN1CCc2cc3cc4c(cc3cc21)Cc1ccccc1-4. The van der Waals surface area contributed by atoms with Gasteiger partial charge in [0.1, 0.15) is 0 Å². The van der Waals surface area contributed by atoms with Crippen molar-refractivity contribution < 1.29 is 0 Å². The van der Waals surface area contributed by atoms with Gasteiger partial charge in [-0.2, -0.15) is 0 Å². The third-order valence-electron chi connectivity index (χ3n) is 5.32. The van der Waals surface area contributed by atoms with Crippen LogP contribution in [-0.4, -0.2) is 13.1 Å². The van der Waals surface area contributed by atoms with E-state index in [2.05, 4.69) is 60.4 Å². The van der Waals surface area contributed by atoms with Crippen molar-refractivity contribution in [3.63, 3.8) is 0 Å². The van der Waals surface area contributed by atoms with Crippen molar-refractivity contribution in [3.05, 3.63) is 65.2 Å². The van der Waals surface area contributed by atoms with Crippen LogP contribution in [0.4, 0.5) is 5.69 Å². The number of nitrogens with zero attached hydrogens (tertiary/aromatic N) is 1. The standard InChI is InChI=1S/C21H19N/c1-2-22-8-7-15-10-16-12-20-18(11-17(16)13-21(15)22)9-14-5-3-4-6-19(14)20/h3-6,10-13H,2,7-9H2,1H3. The topological polar surface area (TPSA) is 3.24 Å². The molecule has 1 nitrogen and oxygen atoms in total. The first-order valence-corrected chi connectivity index (χ1v) is 8.26. The molecule has 2 aliphatic rings. The Kier molecular flexibility index (Phi) is 2.43. The smallest absolute Gasteiger partial charge is 0.0405 e. The molecular formula is C21H19N. The van der Waals surface area contributed by atoms with Gasteiger partial charge in [-0.25, -0.2) is 0 Å². The highest BCUT2D eigenvalue weighted by atomic mass is 15.1. The van der Waals surface area contributed by atoms with Crippen LogP contribution < -0.4 is 4.90 Å². The molecule has 0 unspecified atom stereocenters. The van der Waals surface area contributed by atoms with Crippen molar-refractivity contribution >= 4 is 16.5 Å². The van der Waals surface area contributed by atoms with Crippen LogP contribution in [0, 0.1) is 0 Å². The van der Waals surface area contributed by atoms with Gasteiger partial charge in [-0.15, -0.1) is 0 Å². The van der Waals surface area contributed by atoms with Crippen LogP contribution in [0.1, 0.15) is 23.6 Å². The van der Waals surface area contributed by atoms with Gasteiger partial charge < -0.3 is 4.90 Å². The highest BCUT2D eigenvalue weighted by molar-refractivity contribution is 5.94. The second-order valence-electron chi connectivity index (χ2n) is 6.50. The summed E-state index contributed by atoms with van der Waals surface area (Å²) in [5.74, 6) is 0. The van der Waals surface area contributed by atoms with E-state index < -0.39 is 0 Å². The lowest BCUT2D eigenvalue weighted by Crippen LogP contribution is -2.19. The molecule has 0 aromatic heterocycles. The van der Waals surface area contributed by atoms with Crippen LogP contribution in [0.25, 0.3) is 21.9 Å². The fourth-order valence-corrected chi connectivity index (χ4v) is 4.17. The van der Waals surface area contributed by atoms with E-state index in [1.165, 1.54) is 57.2 Å². The third kappa shape index (κ3) is 1.60. The fourth-order valence-electron chi connectivity index (χ4n) is 4.17. The van der Waals surface area contributed by atoms with Gasteiger partial charge in [-0.05, 0) is 76.6 Å². The highest BCUT2D eigenvalue weighted by Crippen LogP contribution is 2.40. The Labute approximate surface area is 131 Å². The molecule has 5 rings (SSSR count). The predicted octanol–water partition coefficient (Wildman–Crippen LogP) is 4.79. The number of anilines is 1. The van der Waals surface area contributed by atoms with E-state index in [4.69, 9.17) is 0 Å². The van der Waals surface area contributed by atoms with Gasteiger partial charge in [-0.3, -0.25) is 0 Å². The van der Waals surface area contributed by atoms with Crippen LogP contribution in [0.15, 0.2) is 48.5 Å². The number of benzene rings is 3. The molecule has 108 valence electrons. The maximum atomic E-state index is 2.50. The predicted molar refractivity (Wildman–Crippen MR) is 93.8 cm³/mol. The molecule has 0 bridgehead atoms. The number of rotatable bonds is 1. The number of hydrogen-bond donors (Lipinski definition) is 0. The van der Waals surface area contributed by atoms with Crippen LogP contribution in [0.2, 0.25) is 0 Å². The monoisotopic (exact) mass is 285 g/mol. The van der Waals surface area contributed by atoms with E-state index in [9.17, 15) is 0 Å². The molecule has 0 atom stereocenters. The fraction of sp³-hybridized carbons (Fsp3) is 0.238. The van der Waals surface area contributed by atoms with Crippen molar-refractivity contribution in [3.8, 4) is 11.1 Å². The molecule has 0 N–H and O–H groups in total. The maximum Gasteiger partial charge on any atom is 0.0405 e. The molecule has 1 heteroatoms. The lowest BCUT2D eigenvalue weighted by molar-refractivity contribution is 0.868. The third-order valence-corrected chi connectivity index (χ3v) is 5.32. The van der Waals surface area contributed by atoms with Gasteiger partial charge >= 0.3 is 0 Å². The highest BCUT2D eigenvalue weighted by Gasteiger charge is 2.21. The molecule has 0 amide bonds. The van der Waals surface area contributed by atoms with Gasteiger partial charge in [0.2, 0.25) is 0 Å². The Hall–Kier alpha value is -2.28. The average molecular weight is 285 g/mol. The minimum atomic E-state index is 1.08. The molecule has 0 saturated carbocycles. The molecule has 0 saturated heterocycles. The minimum Gasteiger partial charge on any atom is -0.371 e. The quantitative estimate of drug-likeness (QED) is 0.486. The van der Waals surface area contributed by atoms with Gasteiger partial charge in [0.05, 0.1) is 0 Å². The van der Waals surface area contributed by atoms with E-state index in [0.717, 1.165) is 13.0 Å². The number of fused-ring (bicyclic) bond motifs is 5. The Bertz CT molecular complexity index is 907. The van der Waals surface area contributed by atoms with Crippen molar-refractivity contribution in [2.24, 2.45) is 0 Å². The van der Waals surface area contributed by atoms with Crippen molar-refractivity contribution in [2.75, 3.05) is 18.0 Å². The molecular weight excluding hydrogens is 266 g/mol. The van der Waals surface area contributed by atoms with Crippen molar-refractivity contribution in [1.82, 2.24) is 0 Å². The molecule has 1 heterocycles. The summed E-state index contributed by atoms with van der Waals surface area (Å²) in [4.78, 5) is 2.50. The van der Waals surface area contributed by atoms with E-state index in [1.54, 1.807) is 0 Å². The molecule has 1 aliphatic carbocycles. The van der Waals surface area contributed by atoms with E-state index in [0.29, 0.717) is 0 Å². The normalized spacial score (nSPS) is 15.0. The van der Waals surface area contributed by atoms with Crippen LogP contribution >= 0.6 is 0 Å². The second-order valence-corrected chi connectivity index (χ2v) is 6.50. The molecule has 0 fully saturated rings. The zero-order valence-corrected chi connectivity index (χ0v) is 12.9.